The molecule has 1 aliphatic heterocycles. The molecule has 1 atom stereocenters. The first-order valence-corrected chi connectivity index (χ1v) is 10.7. The molecule has 0 saturated carbocycles. The summed E-state index contributed by atoms with van der Waals surface area (Å²) >= 11 is 0. The lowest BCUT2D eigenvalue weighted by Crippen LogP contribution is -2.33. The highest BCUT2D eigenvalue weighted by Crippen LogP contribution is 2.29. The maximum Gasteiger partial charge on any atom is 0.422 e. The normalized spacial score (nSPS) is 16.5. The Labute approximate surface area is 164 Å². The number of aromatic nitrogens is 2. The zero-order valence-corrected chi connectivity index (χ0v) is 16.4. The second kappa shape index (κ2) is 7.84. The Kier molecular flexibility index (Phi) is 5.83. The minimum Gasteiger partial charge on any atom is -0.454 e. The van der Waals surface area contributed by atoms with Gasteiger partial charge < -0.3 is 4.74 Å². The van der Waals surface area contributed by atoms with E-state index in [4.69, 9.17) is 10.7 Å². The minimum absolute atomic E-state index is 0.0527. The van der Waals surface area contributed by atoms with Crippen molar-refractivity contribution in [3.05, 3.63) is 47.3 Å². The monoisotopic (exact) mass is 435 g/mol. The van der Waals surface area contributed by atoms with Crippen LogP contribution in [0.5, 0.6) is 6.01 Å². The first-order valence-electron chi connectivity index (χ1n) is 8.35. The van der Waals surface area contributed by atoms with Crippen LogP contribution < -0.4 is 4.74 Å². The quantitative estimate of drug-likeness (QED) is 0.670. The third kappa shape index (κ3) is 5.12. The number of ether oxygens (including phenoxy) is 1. The molecule has 1 aromatic carbocycles. The maximum absolute atomic E-state index is 12.2. The number of nitrogens with zero attached hydrogens (tertiary/aromatic N) is 3. The van der Waals surface area contributed by atoms with Crippen molar-refractivity contribution < 1.29 is 26.3 Å². The zero-order valence-electron chi connectivity index (χ0n) is 14.8. The van der Waals surface area contributed by atoms with E-state index in [1.54, 1.807) is 12.1 Å². The van der Waals surface area contributed by atoms with E-state index in [0.717, 1.165) is 24.1 Å². The van der Waals surface area contributed by atoms with Crippen LogP contribution in [0.2, 0.25) is 0 Å². The van der Waals surface area contributed by atoms with E-state index in [-0.39, 0.29) is 16.9 Å². The zero-order chi connectivity index (χ0) is 20.5. The van der Waals surface area contributed by atoms with Crippen LogP contribution >= 0.6 is 10.7 Å². The third-order valence-corrected chi connectivity index (χ3v) is 5.90. The van der Waals surface area contributed by atoms with Gasteiger partial charge in [-0.2, -0.15) is 13.2 Å². The fourth-order valence-electron chi connectivity index (χ4n) is 3.01. The van der Waals surface area contributed by atoms with Crippen molar-refractivity contribution in [2.45, 2.75) is 37.0 Å². The van der Waals surface area contributed by atoms with E-state index >= 15 is 0 Å². The molecule has 6 nitrogen and oxygen atoms in total. The van der Waals surface area contributed by atoms with Crippen molar-refractivity contribution in [1.82, 2.24) is 14.9 Å². The molecule has 0 N–H and O–H groups in total. The molecule has 0 bridgehead atoms. The molecule has 0 radical (unpaired) electrons. The predicted octanol–water partition coefficient (Wildman–Crippen LogP) is 3.46. The molecule has 2 aromatic rings. The number of halogens is 4. The molecule has 0 fully saturated rings. The van der Waals surface area contributed by atoms with E-state index < -0.39 is 21.8 Å². The highest BCUT2D eigenvalue weighted by atomic mass is 35.7. The number of hydrogen-bond donors (Lipinski definition) is 0. The second-order valence-corrected chi connectivity index (χ2v) is 9.03. The first kappa shape index (κ1) is 20.8. The number of hydrogen-bond acceptors (Lipinski definition) is 6. The van der Waals surface area contributed by atoms with Crippen molar-refractivity contribution in [2.75, 3.05) is 13.2 Å². The second-order valence-electron chi connectivity index (χ2n) is 6.47. The summed E-state index contributed by atoms with van der Waals surface area (Å²) in [5.41, 5.74) is 2.63. The fraction of sp³-hybridized carbons (Fsp3) is 0.412. The van der Waals surface area contributed by atoms with Crippen molar-refractivity contribution in [3.8, 4) is 6.01 Å². The molecular weight excluding hydrogens is 419 g/mol. The molecule has 0 aliphatic carbocycles. The molecular formula is C17H17ClF3N3O3S. The molecule has 1 unspecified atom stereocenters. The number of rotatable bonds is 5. The van der Waals surface area contributed by atoms with Gasteiger partial charge in [0.25, 0.3) is 9.05 Å². The highest BCUT2D eigenvalue weighted by Gasteiger charge is 2.29. The smallest absolute Gasteiger partial charge is 0.422 e. The molecule has 1 aromatic heterocycles. The van der Waals surface area contributed by atoms with E-state index in [0.29, 0.717) is 12.1 Å². The lowest BCUT2D eigenvalue weighted by molar-refractivity contribution is -0.154. The summed E-state index contributed by atoms with van der Waals surface area (Å²) in [6, 6.07) is 4.37. The largest absolute Gasteiger partial charge is 0.454 e. The van der Waals surface area contributed by atoms with Crippen LogP contribution in [-0.4, -0.2) is 42.6 Å². The molecule has 0 amide bonds. The van der Waals surface area contributed by atoms with E-state index in [2.05, 4.69) is 19.6 Å². The van der Waals surface area contributed by atoms with Crippen LogP contribution in [-0.2, 0) is 22.0 Å². The Balaban J connectivity index is 1.71. The van der Waals surface area contributed by atoms with Gasteiger partial charge in [0.2, 0.25) is 0 Å². The topological polar surface area (TPSA) is 72.4 Å². The molecule has 1 aliphatic rings. The molecule has 2 heterocycles. The Bertz CT molecular complexity index is 952. The van der Waals surface area contributed by atoms with Crippen LogP contribution in [0, 0.1) is 0 Å². The Morgan fingerprint density at radius 3 is 2.54 bits per heavy atom. The minimum atomic E-state index is -4.45. The van der Waals surface area contributed by atoms with Crippen molar-refractivity contribution >= 4 is 19.7 Å². The SMILES string of the molecule is CC(c1cnc(OCC(F)(F)F)nc1)N1CCc2ccc(S(=O)(=O)Cl)cc2C1. The van der Waals surface area contributed by atoms with Crippen LogP contribution in [0.4, 0.5) is 13.2 Å². The average molecular weight is 436 g/mol. The Morgan fingerprint density at radius 1 is 1.25 bits per heavy atom. The summed E-state index contributed by atoms with van der Waals surface area (Å²) in [6.45, 7) is 1.70. The van der Waals surface area contributed by atoms with Crippen LogP contribution in [0.1, 0.15) is 29.7 Å². The van der Waals surface area contributed by atoms with Crippen LogP contribution in [0.25, 0.3) is 0 Å². The Hall–Kier alpha value is -1.91. The summed E-state index contributed by atoms with van der Waals surface area (Å²) in [4.78, 5) is 9.82. The predicted molar refractivity (Wildman–Crippen MR) is 95.6 cm³/mol. The van der Waals surface area contributed by atoms with Crippen molar-refractivity contribution in [2.24, 2.45) is 0 Å². The van der Waals surface area contributed by atoms with Gasteiger partial charge in [-0.15, -0.1) is 0 Å². The lowest BCUT2D eigenvalue weighted by Gasteiger charge is -2.33. The van der Waals surface area contributed by atoms with Gasteiger partial charge in [-0.3, -0.25) is 4.90 Å². The average Bonchev–Trinajstić information content (AvgIpc) is 2.64. The standard InChI is InChI=1S/C17H17ClF3N3O3S/c1-11(14-7-22-16(23-8-14)27-10-17(19,20)21)24-5-4-12-2-3-15(28(18,25)26)6-13(12)9-24/h2-3,6-8,11H,4-5,9-10H2,1H3. The van der Waals surface area contributed by atoms with Crippen LogP contribution in [0.15, 0.2) is 35.5 Å². The molecule has 0 saturated heterocycles. The third-order valence-electron chi connectivity index (χ3n) is 4.54. The highest BCUT2D eigenvalue weighted by molar-refractivity contribution is 8.13. The summed E-state index contributed by atoms with van der Waals surface area (Å²) in [6.07, 6.45) is -0.862. The fourth-order valence-corrected chi connectivity index (χ4v) is 3.81. The molecule has 152 valence electrons. The van der Waals surface area contributed by atoms with Gasteiger partial charge >= 0.3 is 12.2 Å². The van der Waals surface area contributed by atoms with Gasteiger partial charge in [-0.1, -0.05) is 6.07 Å². The molecule has 28 heavy (non-hydrogen) atoms. The summed E-state index contributed by atoms with van der Waals surface area (Å²) in [7, 11) is 1.62. The summed E-state index contributed by atoms with van der Waals surface area (Å²) in [5.74, 6) is 0. The number of fused-ring (bicyclic) bond motifs is 1. The molecule has 0 spiro atoms. The van der Waals surface area contributed by atoms with Crippen molar-refractivity contribution in [1.29, 1.82) is 0 Å². The van der Waals surface area contributed by atoms with Gasteiger partial charge in [0.15, 0.2) is 6.61 Å². The van der Waals surface area contributed by atoms with Gasteiger partial charge in [-0.05, 0) is 36.6 Å². The van der Waals surface area contributed by atoms with Crippen LogP contribution in [0.3, 0.4) is 0 Å². The summed E-state index contributed by atoms with van der Waals surface area (Å²) < 4.78 is 64.2. The van der Waals surface area contributed by atoms with E-state index in [1.165, 1.54) is 18.5 Å². The first-order chi connectivity index (χ1) is 13.0. The summed E-state index contributed by atoms with van der Waals surface area (Å²) in [5, 5.41) is 0. The van der Waals surface area contributed by atoms with Crippen molar-refractivity contribution in [3.63, 3.8) is 0 Å². The molecule has 11 heteroatoms. The number of benzene rings is 1. The van der Waals surface area contributed by atoms with Gasteiger partial charge in [0.1, 0.15) is 0 Å². The Morgan fingerprint density at radius 2 is 1.93 bits per heavy atom. The van der Waals surface area contributed by atoms with E-state index in [9.17, 15) is 21.6 Å². The van der Waals surface area contributed by atoms with Gasteiger partial charge in [-0.25, -0.2) is 18.4 Å². The van der Waals surface area contributed by atoms with Gasteiger partial charge in [0, 0.05) is 47.8 Å². The maximum atomic E-state index is 12.2. The lowest BCUT2D eigenvalue weighted by atomic mass is 9.97. The van der Waals surface area contributed by atoms with E-state index in [1.807, 2.05) is 6.92 Å². The van der Waals surface area contributed by atoms with Gasteiger partial charge in [0.05, 0.1) is 4.90 Å². The molecule has 3 rings (SSSR count). The number of alkyl halides is 3.